The number of hydrogen-bond acceptors (Lipinski definition) is 5. The van der Waals surface area contributed by atoms with Crippen LogP contribution in [0.1, 0.15) is 6.42 Å². The van der Waals surface area contributed by atoms with Crippen molar-refractivity contribution in [3.63, 3.8) is 0 Å². The second kappa shape index (κ2) is 6.09. The van der Waals surface area contributed by atoms with Gasteiger partial charge in [-0.05, 0) is 61.3 Å². The number of nitrogens with zero attached hydrogens (tertiary/aromatic N) is 1. The number of nitrogens with one attached hydrogen (secondary N) is 2. The van der Waals surface area contributed by atoms with Crippen LogP contribution in [0.25, 0.3) is 22.0 Å². The molecule has 1 fully saturated rings. The lowest BCUT2D eigenvalue weighted by atomic mass is 10.0. The number of pyridine rings is 1. The molecule has 1 atom stereocenters. The smallest absolute Gasteiger partial charge is 0.120 e. The predicted molar refractivity (Wildman–Crippen MR) is 104 cm³/mol. The largest absolute Gasteiger partial charge is 0.489 e. The van der Waals surface area contributed by atoms with Crippen molar-refractivity contribution in [3.05, 3.63) is 47.6 Å². The van der Waals surface area contributed by atoms with E-state index in [9.17, 15) is 0 Å². The summed E-state index contributed by atoms with van der Waals surface area (Å²) in [4.78, 5) is 5.70. The first kappa shape index (κ1) is 15.3. The second-order valence-corrected chi connectivity index (χ2v) is 7.53. The molecule has 5 rings (SSSR count). The van der Waals surface area contributed by atoms with Crippen LogP contribution >= 0.6 is 23.5 Å². The Morgan fingerprint density at radius 1 is 1.20 bits per heavy atom. The molecule has 0 aliphatic carbocycles. The summed E-state index contributed by atoms with van der Waals surface area (Å²) in [5.41, 5.74) is 4.11. The van der Waals surface area contributed by atoms with Crippen LogP contribution in [0.3, 0.4) is 0 Å². The van der Waals surface area contributed by atoms with Gasteiger partial charge in [-0.25, -0.2) is 0 Å². The van der Waals surface area contributed by atoms with E-state index in [1.807, 2.05) is 24.3 Å². The molecule has 2 aromatic carbocycles. The minimum atomic E-state index is 0.244. The Labute approximate surface area is 155 Å². The van der Waals surface area contributed by atoms with Crippen LogP contribution in [0.15, 0.2) is 47.5 Å². The van der Waals surface area contributed by atoms with E-state index in [0.29, 0.717) is 5.02 Å². The van der Waals surface area contributed by atoms with E-state index >= 15 is 0 Å². The number of rotatable bonds is 2. The molecule has 3 heterocycles. The molecule has 0 spiro atoms. The molecule has 1 aromatic heterocycles. The zero-order chi connectivity index (χ0) is 16.8. The van der Waals surface area contributed by atoms with Crippen LogP contribution in [0.4, 0.5) is 5.69 Å². The Hall–Kier alpha value is -1.95. The average molecular weight is 370 g/mol. The van der Waals surface area contributed by atoms with Crippen molar-refractivity contribution in [1.82, 2.24) is 10.3 Å². The highest BCUT2D eigenvalue weighted by molar-refractivity contribution is 8.00. The Kier molecular flexibility index (Phi) is 3.73. The van der Waals surface area contributed by atoms with Crippen LogP contribution in [0.5, 0.6) is 5.75 Å². The Bertz CT molecular complexity index is 972. The van der Waals surface area contributed by atoms with Crippen molar-refractivity contribution in [3.8, 4) is 16.9 Å². The topological polar surface area (TPSA) is 46.2 Å². The third-order valence-electron chi connectivity index (χ3n) is 4.66. The number of benzene rings is 2. The molecule has 0 bridgehead atoms. The van der Waals surface area contributed by atoms with Crippen LogP contribution in [-0.4, -0.2) is 24.2 Å². The molecule has 126 valence electrons. The third-order valence-corrected chi connectivity index (χ3v) is 5.86. The molecule has 0 saturated carbocycles. The SMILES string of the molecule is Clc1cc2c(c3ncccc13)NSc1ccc(OC3CCNC3)cc1-2. The van der Waals surface area contributed by atoms with E-state index in [1.165, 1.54) is 0 Å². The first-order chi connectivity index (χ1) is 12.3. The second-order valence-electron chi connectivity index (χ2n) is 6.28. The minimum Gasteiger partial charge on any atom is -0.489 e. The first-order valence-electron chi connectivity index (χ1n) is 8.31. The van der Waals surface area contributed by atoms with Gasteiger partial charge in [0.05, 0.1) is 16.2 Å². The summed E-state index contributed by atoms with van der Waals surface area (Å²) in [5, 5.41) is 5.01. The van der Waals surface area contributed by atoms with E-state index in [2.05, 4.69) is 27.2 Å². The summed E-state index contributed by atoms with van der Waals surface area (Å²) in [6.07, 6.45) is 3.09. The Morgan fingerprint density at radius 3 is 3.04 bits per heavy atom. The van der Waals surface area contributed by atoms with Gasteiger partial charge in [-0.1, -0.05) is 11.6 Å². The van der Waals surface area contributed by atoms with Gasteiger partial charge >= 0.3 is 0 Å². The lowest BCUT2D eigenvalue weighted by Gasteiger charge is -2.23. The quantitative estimate of drug-likeness (QED) is 0.639. The average Bonchev–Trinajstić information content (AvgIpc) is 3.15. The summed E-state index contributed by atoms with van der Waals surface area (Å²) in [6, 6.07) is 12.2. The van der Waals surface area contributed by atoms with Crippen molar-refractivity contribution < 1.29 is 4.74 Å². The van der Waals surface area contributed by atoms with Gasteiger partial charge in [0.2, 0.25) is 0 Å². The number of fused-ring (bicyclic) bond motifs is 5. The van der Waals surface area contributed by atoms with Crippen molar-refractivity contribution in [2.24, 2.45) is 0 Å². The molecule has 4 nitrogen and oxygen atoms in total. The molecule has 0 amide bonds. The summed E-state index contributed by atoms with van der Waals surface area (Å²) in [5.74, 6) is 0.901. The number of hydrogen-bond donors (Lipinski definition) is 2. The lowest BCUT2D eigenvalue weighted by molar-refractivity contribution is 0.223. The zero-order valence-electron chi connectivity index (χ0n) is 13.4. The maximum atomic E-state index is 6.52. The fourth-order valence-corrected chi connectivity index (χ4v) is 4.52. The van der Waals surface area contributed by atoms with Crippen LogP contribution in [-0.2, 0) is 0 Å². The summed E-state index contributed by atoms with van der Waals surface area (Å²) in [6.45, 7) is 1.93. The number of anilines is 1. The molecular formula is C19H16ClN3OS. The first-order valence-corrected chi connectivity index (χ1v) is 9.51. The predicted octanol–water partition coefficient (Wildman–Crippen LogP) is 4.73. The maximum Gasteiger partial charge on any atom is 0.120 e. The van der Waals surface area contributed by atoms with Crippen molar-refractivity contribution in [1.29, 1.82) is 0 Å². The van der Waals surface area contributed by atoms with Crippen molar-refractivity contribution >= 4 is 40.1 Å². The van der Waals surface area contributed by atoms with Gasteiger partial charge in [0.1, 0.15) is 11.9 Å². The van der Waals surface area contributed by atoms with Crippen LogP contribution < -0.4 is 14.8 Å². The van der Waals surface area contributed by atoms with Crippen LogP contribution in [0, 0.1) is 0 Å². The van der Waals surface area contributed by atoms with Crippen molar-refractivity contribution in [2.75, 3.05) is 17.8 Å². The van der Waals surface area contributed by atoms with Gasteiger partial charge in [0, 0.05) is 34.2 Å². The fourth-order valence-electron chi connectivity index (χ4n) is 3.43. The van der Waals surface area contributed by atoms with Gasteiger partial charge in [0.25, 0.3) is 0 Å². The van der Waals surface area contributed by atoms with Gasteiger partial charge in [0.15, 0.2) is 0 Å². The van der Waals surface area contributed by atoms with E-state index in [1.54, 1.807) is 18.1 Å². The summed E-state index contributed by atoms with van der Waals surface area (Å²) in [7, 11) is 0. The molecule has 0 radical (unpaired) electrons. The molecular weight excluding hydrogens is 354 g/mol. The standard InChI is InChI=1S/C19H16ClN3OS/c20-16-9-15-14-8-11(24-12-5-7-21-10-12)3-4-17(14)25-23-19(15)18-13(16)2-1-6-22-18/h1-4,6,8-9,12,21,23H,5,7,10H2. The highest BCUT2D eigenvalue weighted by Gasteiger charge is 2.23. The van der Waals surface area contributed by atoms with Gasteiger partial charge < -0.3 is 14.8 Å². The number of ether oxygens (including phenoxy) is 1. The molecule has 3 aromatic rings. The van der Waals surface area contributed by atoms with Gasteiger partial charge in [-0.3, -0.25) is 4.98 Å². The van der Waals surface area contributed by atoms with Gasteiger partial charge in [-0.15, -0.1) is 0 Å². The molecule has 2 aliphatic rings. The Morgan fingerprint density at radius 2 is 2.16 bits per heavy atom. The van der Waals surface area contributed by atoms with E-state index in [4.69, 9.17) is 16.3 Å². The lowest BCUT2D eigenvalue weighted by Crippen LogP contribution is -2.19. The molecule has 1 saturated heterocycles. The summed E-state index contributed by atoms with van der Waals surface area (Å²) < 4.78 is 9.56. The number of halogens is 1. The number of aromatic nitrogens is 1. The van der Waals surface area contributed by atoms with Crippen LogP contribution in [0.2, 0.25) is 5.02 Å². The highest BCUT2D eigenvalue weighted by atomic mass is 35.5. The summed E-state index contributed by atoms with van der Waals surface area (Å²) >= 11 is 8.13. The van der Waals surface area contributed by atoms with E-state index in [-0.39, 0.29) is 6.10 Å². The minimum absolute atomic E-state index is 0.244. The highest BCUT2D eigenvalue weighted by Crippen LogP contribution is 2.47. The normalized spacial score (nSPS) is 18.5. The zero-order valence-corrected chi connectivity index (χ0v) is 15.0. The van der Waals surface area contributed by atoms with Crippen molar-refractivity contribution in [2.45, 2.75) is 17.4 Å². The molecule has 6 heteroatoms. The fraction of sp³-hybridized carbons (Fsp3) is 0.211. The Balaban J connectivity index is 1.63. The molecule has 2 aliphatic heterocycles. The molecule has 1 unspecified atom stereocenters. The molecule has 2 N–H and O–H groups in total. The van der Waals surface area contributed by atoms with E-state index in [0.717, 1.165) is 57.9 Å². The molecule has 25 heavy (non-hydrogen) atoms. The monoisotopic (exact) mass is 369 g/mol. The van der Waals surface area contributed by atoms with Gasteiger partial charge in [-0.2, -0.15) is 0 Å². The van der Waals surface area contributed by atoms with E-state index < -0.39 is 0 Å². The third kappa shape index (κ3) is 2.63. The maximum absolute atomic E-state index is 6.52.